The molecule has 0 radical (unpaired) electrons. The fourth-order valence-electron chi connectivity index (χ4n) is 5.22. The van der Waals surface area contributed by atoms with E-state index in [0.717, 1.165) is 41.7 Å². The van der Waals surface area contributed by atoms with Gasteiger partial charge in [-0.2, -0.15) is 0 Å². The molecule has 1 aromatic carbocycles. The predicted molar refractivity (Wildman–Crippen MR) is 142 cm³/mol. The number of rotatable bonds is 7. The van der Waals surface area contributed by atoms with E-state index < -0.39 is 0 Å². The number of likely N-dealkylation sites (tertiary alicyclic amines) is 1. The van der Waals surface area contributed by atoms with Crippen LogP contribution in [0.25, 0.3) is 0 Å². The quantitative estimate of drug-likeness (QED) is 0.471. The maximum absolute atomic E-state index is 13.6. The van der Waals surface area contributed by atoms with Crippen molar-refractivity contribution in [1.82, 2.24) is 15.2 Å². The van der Waals surface area contributed by atoms with Gasteiger partial charge in [0.25, 0.3) is 0 Å². The third-order valence-corrected chi connectivity index (χ3v) is 8.39. The molecular formula is C28H36ClN3OS. The first-order chi connectivity index (χ1) is 16.2. The van der Waals surface area contributed by atoms with Crippen molar-refractivity contribution >= 4 is 28.8 Å². The summed E-state index contributed by atoms with van der Waals surface area (Å²) in [6, 6.07) is 7.98. The van der Waals surface area contributed by atoms with E-state index in [9.17, 15) is 4.79 Å². The fourth-order valence-corrected chi connectivity index (χ4v) is 6.25. The molecule has 0 bridgehead atoms. The molecule has 0 saturated carbocycles. The molecule has 1 amide bonds. The van der Waals surface area contributed by atoms with Gasteiger partial charge in [-0.05, 0) is 47.8 Å². The lowest BCUT2D eigenvalue weighted by atomic mass is 9.70. The molecule has 182 valence electrons. The monoisotopic (exact) mass is 497 g/mol. The van der Waals surface area contributed by atoms with E-state index in [1.54, 1.807) is 11.3 Å². The van der Waals surface area contributed by atoms with E-state index in [1.807, 2.05) is 12.1 Å². The van der Waals surface area contributed by atoms with Crippen LogP contribution in [-0.2, 0) is 11.3 Å². The fraction of sp³-hybridized carbons (Fsp3) is 0.500. The van der Waals surface area contributed by atoms with Gasteiger partial charge in [0.15, 0.2) is 0 Å². The van der Waals surface area contributed by atoms with Gasteiger partial charge in [-0.3, -0.25) is 10.1 Å². The Morgan fingerprint density at radius 3 is 2.68 bits per heavy atom. The molecule has 3 atom stereocenters. The first kappa shape index (κ1) is 25.2. The number of amides is 1. The van der Waals surface area contributed by atoms with Gasteiger partial charge in [0.2, 0.25) is 5.91 Å². The Balaban J connectivity index is 1.38. The molecule has 1 fully saturated rings. The van der Waals surface area contributed by atoms with Gasteiger partial charge in [-0.15, -0.1) is 11.3 Å². The zero-order valence-corrected chi connectivity index (χ0v) is 22.2. The molecule has 0 spiro atoms. The first-order valence-electron chi connectivity index (χ1n) is 12.3. The molecule has 2 heterocycles. The molecule has 1 saturated heterocycles. The molecule has 1 aliphatic heterocycles. The summed E-state index contributed by atoms with van der Waals surface area (Å²) in [4.78, 5) is 20.5. The molecule has 2 aliphatic rings. The Kier molecular flexibility index (Phi) is 7.96. The number of hydrogen-bond acceptors (Lipinski definition) is 4. The number of piperidine rings is 1. The third-order valence-electron chi connectivity index (χ3n) is 7.12. The van der Waals surface area contributed by atoms with Crippen LogP contribution >= 0.6 is 22.9 Å². The Labute approximate surface area is 213 Å². The van der Waals surface area contributed by atoms with Crippen LogP contribution in [0.5, 0.6) is 0 Å². The Morgan fingerprint density at radius 1 is 1.26 bits per heavy atom. The highest BCUT2D eigenvalue weighted by Crippen LogP contribution is 2.42. The average molecular weight is 498 g/mol. The van der Waals surface area contributed by atoms with E-state index >= 15 is 0 Å². The van der Waals surface area contributed by atoms with Crippen molar-refractivity contribution in [3.8, 4) is 0 Å². The maximum atomic E-state index is 13.6. The number of hydrogen-bond donors (Lipinski definition) is 1. The molecule has 1 unspecified atom stereocenters. The van der Waals surface area contributed by atoms with Gasteiger partial charge in [-0.1, -0.05) is 75.7 Å². The molecule has 6 heteroatoms. The van der Waals surface area contributed by atoms with Crippen molar-refractivity contribution in [1.29, 1.82) is 0 Å². The van der Waals surface area contributed by atoms with E-state index in [4.69, 9.17) is 16.6 Å². The van der Waals surface area contributed by atoms with Crippen LogP contribution in [0.3, 0.4) is 0 Å². The van der Waals surface area contributed by atoms with E-state index in [1.165, 1.54) is 5.56 Å². The van der Waals surface area contributed by atoms with Gasteiger partial charge in [0, 0.05) is 36.0 Å². The minimum Gasteiger partial charge on any atom is -0.341 e. The summed E-state index contributed by atoms with van der Waals surface area (Å²) in [5, 5.41) is 7.57. The smallest absolute Gasteiger partial charge is 0.239 e. The number of benzene rings is 1. The number of aromatic nitrogens is 1. The largest absolute Gasteiger partial charge is 0.341 e. The highest BCUT2D eigenvalue weighted by Gasteiger charge is 2.40. The highest BCUT2D eigenvalue weighted by atomic mass is 35.5. The number of thiazole rings is 1. The zero-order chi connectivity index (χ0) is 24.3. The van der Waals surface area contributed by atoms with Crippen molar-refractivity contribution in [2.45, 2.75) is 65.0 Å². The van der Waals surface area contributed by atoms with Crippen LogP contribution in [0.2, 0.25) is 5.02 Å². The van der Waals surface area contributed by atoms with Gasteiger partial charge in [0.1, 0.15) is 5.01 Å². The summed E-state index contributed by atoms with van der Waals surface area (Å²) in [5.74, 6) is 1.19. The maximum Gasteiger partial charge on any atom is 0.239 e. The van der Waals surface area contributed by atoms with E-state index in [-0.39, 0.29) is 23.3 Å². The van der Waals surface area contributed by atoms with Crippen LogP contribution in [0.4, 0.5) is 0 Å². The van der Waals surface area contributed by atoms with E-state index in [2.05, 4.69) is 79.7 Å². The summed E-state index contributed by atoms with van der Waals surface area (Å²) in [6.45, 7) is 10.9. The minimum absolute atomic E-state index is 0.00492. The molecular weight excluding hydrogens is 462 g/mol. The van der Waals surface area contributed by atoms with Gasteiger partial charge < -0.3 is 4.90 Å². The molecule has 1 N–H and O–H groups in total. The SMILES string of the molecule is CC(C)[C@@H](NCc1csc(C2C=CC=CC2)n1)C(=O)N1CC[C@H](c2ccc(Cl)cc2)C(C)(C)C1. The van der Waals surface area contributed by atoms with Crippen molar-refractivity contribution in [2.24, 2.45) is 11.3 Å². The van der Waals surface area contributed by atoms with Crippen LogP contribution in [-0.4, -0.2) is 34.9 Å². The van der Waals surface area contributed by atoms with Gasteiger partial charge >= 0.3 is 0 Å². The predicted octanol–water partition coefficient (Wildman–Crippen LogP) is 6.55. The van der Waals surface area contributed by atoms with Gasteiger partial charge in [0.05, 0.1) is 11.7 Å². The number of carbonyl (C=O) groups excluding carboxylic acids is 1. The average Bonchev–Trinajstić information content (AvgIpc) is 3.29. The summed E-state index contributed by atoms with van der Waals surface area (Å²) in [5.41, 5.74) is 2.32. The lowest BCUT2D eigenvalue weighted by molar-refractivity contribution is -0.138. The summed E-state index contributed by atoms with van der Waals surface area (Å²) >= 11 is 7.81. The third kappa shape index (κ3) is 5.81. The zero-order valence-electron chi connectivity index (χ0n) is 20.6. The molecule has 2 aromatic rings. The standard InChI is InChI=1S/C28H36ClN3OS/c1-19(2)25(30-16-23-17-34-26(31-23)21-8-6-5-7-9-21)27(33)32-15-14-24(28(3,4)18-32)20-10-12-22(29)13-11-20/h5-8,10-13,17,19,21,24-25,30H,9,14-16,18H2,1-4H3/t21?,24-,25-/m1/s1. The second kappa shape index (κ2) is 10.8. The number of allylic oxidation sites excluding steroid dienone is 4. The number of carbonyl (C=O) groups is 1. The topological polar surface area (TPSA) is 45.2 Å². The summed E-state index contributed by atoms with van der Waals surface area (Å²) < 4.78 is 0. The molecule has 1 aromatic heterocycles. The van der Waals surface area contributed by atoms with Crippen LogP contribution < -0.4 is 5.32 Å². The Hall–Kier alpha value is -1.95. The lowest BCUT2D eigenvalue weighted by Crippen LogP contribution is -2.54. The number of halogens is 1. The highest BCUT2D eigenvalue weighted by molar-refractivity contribution is 7.09. The van der Waals surface area contributed by atoms with Crippen molar-refractivity contribution < 1.29 is 4.79 Å². The van der Waals surface area contributed by atoms with Crippen LogP contribution in [0, 0.1) is 11.3 Å². The molecule has 1 aliphatic carbocycles. The molecule has 4 rings (SSSR count). The van der Waals surface area contributed by atoms with Crippen molar-refractivity contribution in [2.75, 3.05) is 13.1 Å². The number of nitrogens with one attached hydrogen (secondary N) is 1. The second-order valence-electron chi connectivity index (χ2n) is 10.6. The Morgan fingerprint density at radius 2 is 2.03 bits per heavy atom. The lowest BCUT2D eigenvalue weighted by Gasteiger charge is -2.46. The first-order valence-corrected chi connectivity index (χ1v) is 13.6. The van der Waals surface area contributed by atoms with Crippen molar-refractivity contribution in [3.05, 3.63) is 75.2 Å². The second-order valence-corrected chi connectivity index (χ2v) is 11.9. The van der Waals surface area contributed by atoms with E-state index in [0.29, 0.717) is 18.4 Å². The summed E-state index contributed by atoms with van der Waals surface area (Å²) in [6.07, 6.45) is 10.6. The van der Waals surface area contributed by atoms with Crippen molar-refractivity contribution in [3.63, 3.8) is 0 Å². The summed E-state index contributed by atoms with van der Waals surface area (Å²) in [7, 11) is 0. The van der Waals surface area contributed by atoms with Crippen LogP contribution in [0.1, 0.15) is 68.6 Å². The normalized spacial score (nSPS) is 22.8. The molecule has 4 nitrogen and oxygen atoms in total. The minimum atomic E-state index is -0.217. The molecule has 34 heavy (non-hydrogen) atoms. The van der Waals surface area contributed by atoms with Gasteiger partial charge in [-0.25, -0.2) is 4.98 Å². The Bertz CT molecular complexity index is 1040. The number of nitrogens with zero attached hydrogens (tertiary/aromatic N) is 2. The van der Waals surface area contributed by atoms with Crippen LogP contribution in [0.15, 0.2) is 53.9 Å².